The summed E-state index contributed by atoms with van der Waals surface area (Å²) in [6, 6.07) is 11.9. The van der Waals surface area contributed by atoms with Gasteiger partial charge in [0.25, 0.3) is 5.91 Å². The van der Waals surface area contributed by atoms with Gasteiger partial charge < -0.3 is 5.32 Å². The molecule has 4 rings (SSSR count). The predicted molar refractivity (Wildman–Crippen MR) is 96.7 cm³/mol. The van der Waals surface area contributed by atoms with Gasteiger partial charge in [-0.2, -0.15) is 0 Å². The zero-order chi connectivity index (χ0) is 19.5. The van der Waals surface area contributed by atoms with Crippen LogP contribution in [0.2, 0.25) is 0 Å². The summed E-state index contributed by atoms with van der Waals surface area (Å²) in [5.74, 6) is -1.61. The van der Waals surface area contributed by atoms with Crippen LogP contribution in [0.5, 0.6) is 0 Å². The molecule has 0 spiro atoms. The molecule has 138 valence electrons. The van der Waals surface area contributed by atoms with E-state index < -0.39 is 17.5 Å². The van der Waals surface area contributed by atoms with E-state index in [0.717, 1.165) is 6.07 Å². The fraction of sp³-hybridized carbons (Fsp3) is 0. The number of pyridine rings is 2. The van der Waals surface area contributed by atoms with Crippen LogP contribution in [-0.2, 0) is 0 Å². The van der Waals surface area contributed by atoms with Gasteiger partial charge in [0, 0.05) is 17.3 Å². The molecule has 1 aromatic carbocycles. The van der Waals surface area contributed by atoms with Gasteiger partial charge in [-0.25, -0.2) is 18.7 Å². The van der Waals surface area contributed by atoms with Gasteiger partial charge >= 0.3 is 0 Å². The number of rotatable bonds is 4. The fourth-order valence-electron chi connectivity index (χ4n) is 2.55. The highest BCUT2D eigenvalue weighted by Gasteiger charge is 2.12. The normalized spacial score (nSPS) is 10.6. The number of hydrogen-bond donors (Lipinski definition) is 1. The minimum atomic E-state index is -0.948. The van der Waals surface area contributed by atoms with Crippen molar-refractivity contribution in [3.8, 4) is 16.9 Å². The molecule has 7 nitrogen and oxygen atoms in total. The minimum Gasteiger partial charge on any atom is -0.305 e. The van der Waals surface area contributed by atoms with Crippen LogP contribution in [0.3, 0.4) is 0 Å². The smallest absolute Gasteiger partial charge is 0.275 e. The quantitative estimate of drug-likeness (QED) is 0.589. The second kappa shape index (κ2) is 7.31. The Morgan fingerprint density at radius 2 is 1.75 bits per heavy atom. The summed E-state index contributed by atoms with van der Waals surface area (Å²) in [6.07, 6.45) is 4.29. The Hall–Kier alpha value is -4.01. The molecular weight excluding hydrogens is 366 g/mol. The van der Waals surface area contributed by atoms with E-state index in [-0.39, 0.29) is 17.1 Å². The summed E-state index contributed by atoms with van der Waals surface area (Å²) < 4.78 is 28.8. The van der Waals surface area contributed by atoms with Crippen molar-refractivity contribution in [2.24, 2.45) is 0 Å². The molecule has 0 bridgehead atoms. The third-order valence-electron chi connectivity index (χ3n) is 3.92. The van der Waals surface area contributed by atoms with Crippen LogP contribution in [0.4, 0.5) is 14.6 Å². The molecule has 0 saturated carbocycles. The maximum absolute atomic E-state index is 13.9. The number of amides is 1. The number of halogens is 2. The molecule has 0 radical (unpaired) electrons. The largest absolute Gasteiger partial charge is 0.305 e. The minimum absolute atomic E-state index is 0.0914. The third kappa shape index (κ3) is 3.45. The number of nitrogens with zero attached hydrogens (tertiary/aromatic N) is 5. The maximum atomic E-state index is 13.9. The van der Waals surface area contributed by atoms with E-state index in [9.17, 15) is 13.6 Å². The Balaban J connectivity index is 1.53. The average Bonchev–Trinajstić information content (AvgIpc) is 3.26. The molecule has 3 heterocycles. The molecule has 0 aliphatic rings. The van der Waals surface area contributed by atoms with E-state index in [2.05, 4.69) is 25.5 Å². The first kappa shape index (κ1) is 17.4. The van der Waals surface area contributed by atoms with Gasteiger partial charge in [-0.3, -0.25) is 9.36 Å². The van der Waals surface area contributed by atoms with Crippen molar-refractivity contribution in [2.45, 2.75) is 0 Å². The molecule has 1 N–H and O–H groups in total. The van der Waals surface area contributed by atoms with Gasteiger partial charge in [-0.05, 0) is 30.3 Å². The van der Waals surface area contributed by atoms with E-state index in [4.69, 9.17) is 0 Å². The standard InChI is InChI=1S/C19H12F2N6O/c20-14-4-1-3-13(18(14)21)12-7-8-16(22-9-12)26-19(28)15-5-2-6-17(25-15)27-10-23-24-11-27/h1-11H,(H,22,26,28). The summed E-state index contributed by atoms with van der Waals surface area (Å²) in [4.78, 5) is 20.8. The van der Waals surface area contributed by atoms with Gasteiger partial charge in [0.15, 0.2) is 11.6 Å². The van der Waals surface area contributed by atoms with Gasteiger partial charge in [-0.15, -0.1) is 10.2 Å². The van der Waals surface area contributed by atoms with E-state index in [1.165, 1.54) is 37.1 Å². The number of benzene rings is 1. The second-order valence-corrected chi connectivity index (χ2v) is 5.74. The summed E-state index contributed by atoms with van der Waals surface area (Å²) in [5.41, 5.74) is 0.657. The summed E-state index contributed by atoms with van der Waals surface area (Å²) >= 11 is 0. The Kier molecular flexibility index (Phi) is 4.55. The Bertz CT molecular complexity index is 1130. The monoisotopic (exact) mass is 378 g/mol. The molecule has 28 heavy (non-hydrogen) atoms. The average molecular weight is 378 g/mol. The van der Waals surface area contributed by atoms with Gasteiger partial charge in [0.05, 0.1) is 0 Å². The Labute approximate surface area is 157 Å². The first-order valence-corrected chi connectivity index (χ1v) is 8.15. The van der Waals surface area contributed by atoms with Crippen molar-refractivity contribution in [3.63, 3.8) is 0 Å². The molecule has 3 aromatic heterocycles. The van der Waals surface area contributed by atoms with Crippen molar-refractivity contribution in [2.75, 3.05) is 5.32 Å². The fourth-order valence-corrected chi connectivity index (χ4v) is 2.55. The number of nitrogens with one attached hydrogen (secondary N) is 1. The van der Waals surface area contributed by atoms with Crippen LogP contribution >= 0.6 is 0 Å². The molecule has 0 saturated heterocycles. The highest BCUT2D eigenvalue weighted by Crippen LogP contribution is 2.24. The number of carbonyl (C=O) groups is 1. The van der Waals surface area contributed by atoms with Crippen LogP contribution in [0, 0.1) is 11.6 Å². The maximum Gasteiger partial charge on any atom is 0.275 e. The SMILES string of the molecule is O=C(Nc1ccc(-c2cccc(F)c2F)cn1)c1cccc(-n2cnnc2)n1. The van der Waals surface area contributed by atoms with Crippen LogP contribution < -0.4 is 5.32 Å². The first-order chi connectivity index (χ1) is 13.6. The third-order valence-corrected chi connectivity index (χ3v) is 3.92. The van der Waals surface area contributed by atoms with Crippen molar-refractivity contribution in [1.29, 1.82) is 0 Å². The topological polar surface area (TPSA) is 85.6 Å². The zero-order valence-corrected chi connectivity index (χ0v) is 14.3. The van der Waals surface area contributed by atoms with Gasteiger partial charge in [0.2, 0.25) is 0 Å². The lowest BCUT2D eigenvalue weighted by molar-refractivity contribution is 0.102. The molecule has 9 heteroatoms. The van der Waals surface area contributed by atoms with E-state index in [1.54, 1.807) is 28.8 Å². The van der Waals surface area contributed by atoms with Crippen LogP contribution in [0.15, 0.2) is 67.4 Å². The van der Waals surface area contributed by atoms with Gasteiger partial charge in [-0.1, -0.05) is 18.2 Å². The first-order valence-electron chi connectivity index (χ1n) is 8.15. The number of carbonyl (C=O) groups excluding carboxylic acids is 1. The van der Waals surface area contributed by atoms with Crippen LogP contribution in [-0.4, -0.2) is 30.6 Å². The molecule has 0 unspecified atom stereocenters. The highest BCUT2D eigenvalue weighted by atomic mass is 19.2. The number of aromatic nitrogens is 5. The van der Waals surface area contributed by atoms with Crippen molar-refractivity contribution in [3.05, 3.63) is 84.7 Å². The van der Waals surface area contributed by atoms with Crippen molar-refractivity contribution in [1.82, 2.24) is 24.7 Å². The van der Waals surface area contributed by atoms with Crippen molar-refractivity contribution < 1.29 is 13.6 Å². The van der Waals surface area contributed by atoms with E-state index in [1.807, 2.05) is 0 Å². The highest BCUT2D eigenvalue weighted by molar-refractivity contribution is 6.02. The summed E-state index contributed by atoms with van der Waals surface area (Å²) in [5, 5.41) is 10.0. The molecule has 0 atom stereocenters. The predicted octanol–water partition coefficient (Wildman–Crippen LogP) is 3.25. The Morgan fingerprint density at radius 1 is 0.964 bits per heavy atom. The van der Waals surface area contributed by atoms with Crippen molar-refractivity contribution >= 4 is 11.7 Å². The molecule has 0 aliphatic carbocycles. The van der Waals surface area contributed by atoms with Crippen LogP contribution in [0.25, 0.3) is 16.9 Å². The zero-order valence-electron chi connectivity index (χ0n) is 14.3. The van der Waals surface area contributed by atoms with Gasteiger partial charge in [0.1, 0.15) is 30.0 Å². The lowest BCUT2D eigenvalue weighted by Gasteiger charge is -2.07. The molecule has 0 aliphatic heterocycles. The Morgan fingerprint density at radius 3 is 2.50 bits per heavy atom. The summed E-state index contributed by atoms with van der Waals surface area (Å²) in [7, 11) is 0. The molecular formula is C19H12F2N6O. The van der Waals surface area contributed by atoms with Crippen LogP contribution in [0.1, 0.15) is 10.5 Å². The second-order valence-electron chi connectivity index (χ2n) is 5.74. The lowest BCUT2D eigenvalue weighted by atomic mass is 10.1. The van der Waals surface area contributed by atoms with E-state index in [0.29, 0.717) is 11.4 Å². The molecule has 0 fully saturated rings. The number of anilines is 1. The lowest BCUT2D eigenvalue weighted by Crippen LogP contribution is -2.15. The molecule has 1 amide bonds. The number of hydrogen-bond acceptors (Lipinski definition) is 5. The molecule has 4 aromatic rings. The summed E-state index contributed by atoms with van der Waals surface area (Å²) in [6.45, 7) is 0. The van der Waals surface area contributed by atoms with E-state index >= 15 is 0 Å².